The molecule has 0 unspecified atom stereocenters. The molecule has 1 aromatic heterocycles. The van der Waals surface area contributed by atoms with Crippen LogP contribution in [0, 0.1) is 0 Å². The van der Waals surface area contributed by atoms with Crippen molar-refractivity contribution in [2.24, 2.45) is 0 Å². The molecule has 0 spiro atoms. The monoisotopic (exact) mass is 324 g/mol. The molecule has 1 N–H and O–H groups in total. The zero-order chi connectivity index (χ0) is 13.8. The molecule has 0 saturated heterocycles. The van der Waals surface area contributed by atoms with E-state index in [0.717, 1.165) is 28.3 Å². The lowest BCUT2D eigenvalue weighted by atomic mass is 10.2. The maximum atomic E-state index is 12.0. The van der Waals surface area contributed by atoms with Gasteiger partial charge in [0, 0.05) is 28.1 Å². The molecule has 0 aliphatic heterocycles. The maximum Gasteiger partial charge on any atom is 0.340 e. The second-order valence-corrected chi connectivity index (χ2v) is 5.60. The quantitative estimate of drug-likeness (QED) is 0.679. The van der Waals surface area contributed by atoms with E-state index in [9.17, 15) is 4.79 Å². The van der Waals surface area contributed by atoms with Gasteiger partial charge in [-0.3, -0.25) is 0 Å². The Morgan fingerprint density at radius 2 is 2.21 bits per heavy atom. The Balaban J connectivity index is 2.03. The van der Waals surface area contributed by atoms with E-state index in [-0.39, 0.29) is 5.97 Å². The summed E-state index contributed by atoms with van der Waals surface area (Å²) in [6.45, 7) is 1.35. The van der Waals surface area contributed by atoms with Gasteiger partial charge in [-0.15, -0.1) is 0 Å². The van der Waals surface area contributed by atoms with Crippen LogP contribution >= 0.6 is 15.9 Å². The third-order valence-corrected chi connectivity index (χ3v) is 3.34. The van der Waals surface area contributed by atoms with Gasteiger partial charge in [-0.25, -0.2) is 4.79 Å². The molecule has 1 aromatic carbocycles. The minimum Gasteiger partial charge on any atom is -0.462 e. The number of aromatic nitrogens is 1. The molecule has 19 heavy (non-hydrogen) atoms. The fraction of sp³-hybridized carbons (Fsp3) is 0.357. The molecular weight excluding hydrogens is 308 g/mol. The van der Waals surface area contributed by atoms with Crippen molar-refractivity contribution in [3.05, 3.63) is 34.4 Å². The van der Waals surface area contributed by atoms with Gasteiger partial charge in [-0.2, -0.15) is 0 Å². The molecule has 0 bridgehead atoms. The number of hydrogen-bond acceptors (Lipinski definition) is 3. The Morgan fingerprint density at radius 3 is 2.95 bits per heavy atom. The van der Waals surface area contributed by atoms with Gasteiger partial charge in [-0.1, -0.05) is 15.9 Å². The van der Waals surface area contributed by atoms with Gasteiger partial charge in [0.1, 0.15) is 0 Å². The summed E-state index contributed by atoms with van der Waals surface area (Å²) in [5.41, 5.74) is 1.52. The van der Waals surface area contributed by atoms with E-state index in [1.165, 1.54) is 0 Å². The van der Waals surface area contributed by atoms with Crippen LogP contribution in [-0.4, -0.2) is 43.1 Å². The first-order valence-corrected chi connectivity index (χ1v) is 6.95. The number of aromatic amines is 1. The molecule has 0 aliphatic carbocycles. The Bertz CT molecular complexity index is 578. The van der Waals surface area contributed by atoms with Gasteiger partial charge in [0.2, 0.25) is 0 Å². The second kappa shape index (κ2) is 6.21. The summed E-state index contributed by atoms with van der Waals surface area (Å²) in [5.74, 6) is -0.275. The molecule has 0 aliphatic rings. The number of esters is 1. The average molecular weight is 325 g/mol. The number of nitrogens with zero attached hydrogens (tertiary/aromatic N) is 1. The first kappa shape index (κ1) is 14.1. The number of halogens is 1. The Hall–Kier alpha value is -1.33. The van der Waals surface area contributed by atoms with E-state index in [4.69, 9.17) is 4.74 Å². The molecule has 4 nitrogen and oxygen atoms in total. The minimum absolute atomic E-state index is 0.275. The largest absolute Gasteiger partial charge is 0.462 e. The van der Waals surface area contributed by atoms with Gasteiger partial charge < -0.3 is 14.6 Å². The number of hydrogen-bond donors (Lipinski definition) is 1. The fourth-order valence-electron chi connectivity index (χ4n) is 1.89. The van der Waals surface area contributed by atoms with Gasteiger partial charge >= 0.3 is 5.97 Å². The maximum absolute atomic E-state index is 12.0. The Labute approximate surface area is 120 Å². The Kier molecular flexibility index (Phi) is 4.61. The van der Waals surface area contributed by atoms with Crippen molar-refractivity contribution in [2.45, 2.75) is 6.42 Å². The molecular formula is C14H17BrN2O2. The predicted molar refractivity (Wildman–Crippen MR) is 79.5 cm³/mol. The molecule has 1 heterocycles. The van der Waals surface area contributed by atoms with Crippen LogP contribution in [0.25, 0.3) is 10.9 Å². The Morgan fingerprint density at radius 1 is 1.42 bits per heavy atom. The van der Waals surface area contributed by atoms with Crippen LogP contribution in [0.3, 0.4) is 0 Å². The number of ether oxygens (including phenoxy) is 1. The summed E-state index contributed by atoms with van der Waals surface area (Å²) in [4.78, 5) is 17.1. The predicted octanol–water partition coefficient (Wildman–Crippen LogP) is 3.04. The van der Waals surface area contributed by atoms with Crippen LogP contribution in [0.4, 0.5) is 0 Å². The van der Waals surface area contributed by atoms with Crippen LogP contribution in [0.5, 0.6) is 0 Å². The second-order valence-electron chi connectivity index (χ2n) is 4.69. The molecule has 0 saturated carbocycles. The molecule has 0 radical (unpaired) electrons. The molecule has 0 fully saturated rings. The highest BCUT2D eigenvalue weighted by Gasteiger charge is 2.13. The summed E-state index contributed by atoms with van der Waals surface area (Å²) in [7, 11) is 4.00. The molecule has 2 rings (SSSR count). The van der Waals surface area contributed by atoms with E-state index in [1.54, 1.807) is 6.20 Å². The third kappa shape index (κ3) is 3.58. The van der Waals surface area contributed by atoms with Crippen molar-refractivity contribution in [3.63, 3.8) is 0 Å². The molecule has 102 valence electrons. The van der Waals surface area contributed by atoms with Crippen LogP contribution in [0.15, 0.2) is 28.9 Å². The average Bonchev–Trinajstić information content (AvgIpc) is 2.77. The van der Waals surface area contributed by atoms with Crippen molar-refractivity contribution in [2.75, 3.05) is 27.2 Å². The zero-order valence-electron chi connectivity index (χ0n) is 11.1. The molecule has 2 aromatic rings. The smallest absolute Gasteiger partial charge is 0.340 e. The summed E-state index contributed by atoms with van der Waals surface area (Å²) in [6, 6.07) is 5.79. The summed E-state index contributed by atoms with van der Waals surface area (Å²) >= 11 is 3.41. The molecule has 5 heteroatoms. The lowest BCUT2D eigenvalue weighted by Crippen LogP contribution is -2.16. The van der Waals surface area contributed by atoms with Crippen LogP contribution in [-0.2, 0) is 4.74 Å². The fourth-order valence-corrected chi connectivity index (χ4v) is 2.25. The van der Waals surface area contributed by atoms with Crippen LogP contribution in [0.2, 0.25) is 0 Å². The lowest BCUT2D eigenvalue weighted by molar-refractivity contribution is 0.0495. The van der Waals surface area contributed by atoms with Gasteiger partial charge in [0.05, 0.1) is 12.2 Å². The van der Waals surface area contributed by atoms with Crippen molar-refractivity contribution < 1.29 is 9.53 Å². The van der Waals surface area contributed by atoms with E-state index in [1.807, 2.05) is 32.3 Å². The SMILES string of the molecule is CN(C)CCCOC(=O)c1c[nH]c2ccc(Br)cc12. The summed E-state index contributed by atoms with van der Waals surface area (Å²) < 4.78 is 6.23. The topological polar surface area (TPSA) is 45.3 Å². The normalized spacial score (nSPS) is 11.2. The van der Waals surface area contributed by atoms with Gasteiger partial charge in [0.15, 0.2) is 0 Å². The highest BCUT2D eigenvalue weighted by atomic mass is 79.9. The van der Waals surface area contributed by atoms with E-state index >= 15 is 0 Å². The van der Waals surface area contributed by atoms with Crippen molar-refractivity contribution >= 4 is 32.8 Å². The summed E-state index contributed by atoms with van der Waals surface area (Å²) in [6.07, 6.45) is 2.54. The first-order valence-electron chi connectivity index (χ1n) is 6.16. The zero-order valence-corrected chi connectivity index (χ0v) is 12.7. The van der Waals surface area contributed by atoms with E-state index < -0.39 is 0 Å². The minimum atomic E-state index is -0.275. The van der Waals surface area contributed by atoms with Gasteiger partial charge in [0.25, 0.3) is 0 Å². The highest BCUT2D eigenvalue weighted by Crippen LogP contribution is 2.23. The number of carbonyl (C=O) groups is 1. The number of benzene rings is 1. The molecule has 0 amide bonds. The van der Waals surface area contributed by atoms with Crippen molar-refractivity contribution in [1.82, 2.24) is 9.88 Å². The van der Waals surface area contributed by atoms with Crippen molar-refractivity contribution in [3.8, 4) is 0 Å². The van der Waals surface area contributed by atoms with Gasteiger partial charge in [-0.05, 0) is 38.7 Å². The lowest BCUT2D eigenvalue weighted by Gasteiger charge is -2.09. The number of H-pyrrole nitrogens is 1. The number of fused-ring (bicyclic) bond motifs is 1. The number of carbonyl (C=O) groups excluding carboxylic acids is 1. The van der Waals surface area contributed by atoms with E-state index in [2.05, 4.69) is 25.8 Å². The number of rotatable bonds is 5. The molecule has 0 atom stereocenters. The summed E-state index contributed by atoms with van der Waals surface area (Å²) in [5, 5.41) is 0.881. The standard InChI is InChI=1S/C14H17BrN2O2/c1-17(2)6-3-7-19-14(18)12-9-16-13-5-4-10(15)8-11(12)13/h4-5,8-9,16H,3,6-7H2,1-2H3. The van der Waals surface area contributed by atoms with Crippen LogP contribution < -0.4 is 0 Å². The van der Waals surface area contributed by atoms with Crippen molar-refractivity contribution in [1.29, 1.82) is 0 Å². The van der Waals surface area contributed by atoms with Crippen LogP contribution in [0.1, 0.15) is 16.8 Å². The first-order chi connectivity index (χ1) is 9.08. The third-order valence-electron chi connectivity index (χ3n) is 2.85. The number of nitrogens with one attached hydrogen (secondary N) is 1. The highest BCUT2D eigenvalue weighted by molar-refractivity contribution is 9.10. The van der Waals surface area contributed by atoms with E-state index in [0.29, 0.717) is 12.2 Å².